The predicted molar refractivity (Wildman–Crippen MR) is 83.6 cm³/mol. The van der Waals surface area contributed by atoms with E-state index in [4.69, 9.17) is 0 Å². The van der Waals surface area contributed by atoms with Crippen LogP contribution in [0, 0.1) is 17.5 Å². The maximum atomic E-state index is 13.2. The Balaban J connectivity index is 1.88. The van der Waals surface area contributed by atoms with Gasteiger partial charge >= 0.3 is 0 Å². The summed E-state index contributed by atoms with van der Waals surface area (Å²) < 4.78 is 38.9. The molecule has 0 saturated heterocycles. The second-order valence-electron chi connectivity index (χ2n) is 5.60. The summed E-state index contributed by atoms with van der Waals surface area (Å²) in [6.45, 7) is 1.57. The summed E-state index contributed by atoms with van der Waals surface area (Å²) in [5, 5.41) is 12.7. The van der Waals surface area contributed by atoms with Gasteiger partial charge in [-0.1, -0.05) is 18.2 Å². The third-order valence-corrected chi connectivity index (χ3v) is 3.70. The number of aryl methyl sites for hydroxylation is 1. The molecular formula is C18H18F3NO2. The Labute approximate surface area is 138 Å². The summed E-state index contributed by atoms with van der Waals surface area (Å²) in [5.74, 6) is -2.69. The summed E-state index contributed by atoms with van der Waals surface area (Å²) in [6, 6.07) is 8.27. The summed E-state index contributed by atoms with van der Waals surface area (Å²) in [6.07, 6.45) is -0.560. The fourth-order valence-electron chi connectivity index (χ4n) is 2.30. The van der Waals surface area contributed by atoms with Crippen molar-refractivity contribution in [2.45, 2.75) is 31.9 Å². The van der Waals surface area contributed by atoms with Crippen molar-refractivity contribution in [3.63, 3.8) is 0 Å². The third kappa shape index (κ3) is 4.83. The first-order chi connectivity index (χ1) is 11.4. The van der Waals surface area contributed by atoms with E-state index >= 15 is 0 Å². The Morgan fingerprint density at radius 2 is 1.75 bits per heavy atom. The molecule has 128 valence electrons. The van der Waals surface area contributed by atoms with E-state index in [9.17, 15) is 23.1 Å². The van der Waals surface area contributed by atoms with Crippen LogP contribution in [0.1, 0.15) is 30.6 Å². The highest BCUT2D eigenvalue weighted by atomic mass is 19.2. The average molecular weight is 337 g/mol. The molecule has 3 nitrogen and oxygen atoms in total. The number of aliphatic hydroxyl groups is 1. The standard InChI is InChI=1S/C18H18F3NO2/c1-11(18(24)13-5-8-15(20)16(21)10-13)22-17(23)9-4-12-2-6-14(19)7-3-12/h2-3,5-8,10-11,18,24H,4,9H2,1H3,(H,22,23). The van der Waals surface area contributed by atoms with Gasteiger partial charge in [0.15, 0.2) is 11.6 Å². The molecule has 1 amide bonds. The van der Waals surface area contributed by atoms with E-state index in [0.29, 0.717) is 6.42 Å². The summed E-state index contributed by atoms with van der Waals surface area (Å²) >= 11 is 0. The van der Waals surface area contributed by atoms with Crippen LogP contribution in [0.2, 0.25) is 0 Å². The largest absolute Gasteiger partial charge is 0.386 e. The Morgan fingerprint density at radius 1 is 1.08 bits per heavy atom. The summed E-state index contributed by atoms with van der Waals surface area (Å²) in [4.78, 5) is 11.9. The van der Waals surface area contributed by atoms with Crippen molar-refractivity contribution in [2.24, 2.45) is 0 Å². The number of carbonyl (C=O) groups excluding carboxylic acids is 1. The van der Waals surface area contributed by atoms with E-state index in [1.54, 1.807) is 19.1 Å². The Morgan fingerprint density at radius 3 is 2.38 bits per heavy atom. The van der Waals surface area contributed by atoms with Crippen molar-refractivity contribution in [3.05, 3.63) is 71.0 Å². The van der Waals surface area contributed by atoms with Gasteiger partial charge in [0.2, 0.25) is 5.91 Å². The van der Waals surface area contributed by atoms with Crippen molar-refractivity contribution < 1.29 is 23.1 Å². The third-order valence-electron chi connectivity index (χ3n) is 3.70. The minimum Gasteiger partial charge on any atom is -0.386 e. The van der Waals surface area contributed by atoms with Crippen LogP contribution in [0.15, 0.2) is 42.5 Å². The lowest BCUT2D eigenvalue weighted by molar-refractivity contribution is -0.122. The van der Waals surface area contributed by atoms with Gasteiger partial charge in [0.1, 0.15) is 5.82 Å². The highest BCUT2D eigenvalue weighted by molar-refractivity contribution is 5.76. The fourth-order valence-corrected chi connectivity index (χ4v) is 2.30. The van der Waals surface area contributed by atoms with E-state index in [0.717, 1.165) is 17.7 Å². The molecule has 2 aromatic carbocycles. The van der Waals surface area contributed by atoms with E-state index in [1.807, 2.05) is 0 Å². The lowest BCUT2D eigenvalue weighted by Crippen LogP contribution is -2.37. The first-order valence-corrected chi connectivity index (χ1v) is 7.53. The molecule has 0 heterocycles. The molecule has 2 unspecified atom stereocenters. The number of nitrogens with one attached hydrogen (secondary N) is 1. The zero-order valence-electron chi connectivity index (χ0n) is 13.1. The Kier molecular flexibility index (Phi) is 5.98. The van der Waals surface area contributed by atoms with Crippen molar-refractivity contribution in [3.8, 4) is 0 Å². The monoisotopic (exact) mass is 337 g/mol. The molecular weight excluding hydrogens is 319 g/mol. The number of hydrogen-bond acceptors (Lipinski definition) is 2. The van der Waals surface area contributed by atoms with Crippen LogP contribution in [0.4, 0.5) is 13.2 Å². The number of hydrogen-bond donors (Lipinski definition) is 2. The van der Waals surface area contributed by atoms with Crippen LogP contribution < -0.4 is 5.32 Å². The fraction of sp³-hybridized carbons (Fsp3) is 0.278. The SMILES string of the molecule is CC(NC(=O)CCc1ccc(F)cc1)C(O)c1ccc(F)c(F)c1. The van der Waals surface area contributed by atoms with Gasteiger partial charge in [-0.25, -0.2) is 13.2 Å². The van der Waals surface area contributed by atoms with Gasteiger partial charge in [0.25, 0.3) is 0 Å². The van der Waals surface area contributed by atoms with Gasteiger partial charge in [-0.15, -0.1) is 0 Å². The van der Waals surface area contributed by atoms with Crippen LogP contribution in [0.25, 0.3) is 0 Å². The second kappa shape index (κ2) is 7.97. The molecule has 2 atom stereocenters. The maximum absolute atomic E-state index is 13.2. The van der Waals surface area contributed by atoms with Crippen LogP contribution in [-0.4, -0.2) is 17.1 Å². The Hall–Kier alpha value is -2.34. The first-order valence-electron chi connectivity index (χ1n) is 7.53. The molecule has 0 spiro atoms. The van der Waals surface area contributed by atoms with Crippen LogP contribution in [0.3, 0.4) is 0 Å². The minimum absolute atomic E-state index is 0.167. The van der Waals surface area contributed by atoms with E-state index in [-0.39, 0.29) is 23.7 Å². The Bertz CT molecular complexity index is 704. The van der Waals surface area contributed by atoms with Crippen molar-refractivity contribution in [2.75, 3.05) is 0 Å². The molecule has 0 radical (unpaired) electrons. The molecule has 0 aliphatic heterocycles. The highest BCUT2D eigenvalue weighted by Gasteiger charge is 2.19. The van der Waals surface area contributed by atoms with Crippen molar-refractivity contribution in [1.29, 1.82) is 0 Å². The van der Waals surface area contributed by atoms with Gasteiger partial charge < -0.3 is 10.4 Å². The number of rotatable bonds is 6. The maximum Gasteiger partial charge on any atom is 0.220 e. The van der Waals surface area contributed by atoms with Crippen LogP contribution >= 0.6 is 0 Å². The molecule has 24 heavy (non-hydrogen) atoms. The first kappa shape index (κ1) is 18.0. The molecule has 6 heteroatoms. The molecule has 2 N–H and O–H groups in total. The van der Waals surface area contributed by atoms with E-state index in [2.05, 4.69) is 5.32 Å². The van der Waals surface area contributed by atoms with Gasteiger partial charge in [0, 0.05) is 6.42 Å². The molecule has 2 rings (SSSR count). The smallest absolute Gasteiger partial charge is 0.220 e. The zero-order chi connectivity index (χ0) is 17.7. The van der Waals surface area contributed by atoms with Gasteiger partial charge in [0.05, 0.1) is 12.1 Å². The number of aliphatic hydroxyl groups excluding tert-OH is 1. The van der Waals surface area contributed by atoms with Gasteiger partial charge in [-0.05, 0) is 48.7 Å². The van der Waals surface area contributed by atoms with E-state index in [1.165, 1.54) is 18.2 Å². The normalized spacial score (nSPS) is 13.4. The number of halogens is 3. The van der Waals surface area contributed by atoms with Crippen LogP contribution in [0.5, 0.6) is 0 Å². The summed E-state index contributed by atoms with van der Waals surface area (Å²) in [7, 11) is 0. The lowest BCUT2D eigenvalue weighted by atomic mass is 10.0. The topological polar surface area (TPSA) is 49.3 Å². The number of carbonyl (C=O) groups is 1. The highest BCUT2D eigenvalue weighted by Crippen LogP contribution is 2.19. The summed E-state index contributed by atoms with van der Waals surface area (Å²) in [5.41, 5.74) is 1.00. The molecule has 2 aromatic rings. The quantitative estimate of drug-likeness (QED) is 0.850. The van der Waals surface area contributed by atoms with Gasteiger partial charge in [-0.2, -0.15) is 0 Å². The minimum atomic E-state index is -1.16. The molecule has 0 aliphatic carbocycles. The van der Waals surface area contributed by atoms with E-state index < -0.39 is 23.8 Å². The number of benzene rings is 2. The number of amides is 1. The van der Waals surface area contributed by atoms with Crippen molar-refractivity contribution >= 4 is 5.91 Å². The van der Waals surface area contributed by atoms with Crippen LogP contribution in [-0.2, 0) is 11.2 Å². The molecule has 0 aromatic heterocycles. The van der Waals surface area contributed by atoms with Gasteiger partial charge in [-0.3, -0.25) is 4.79 Å². The predicted octanol–water partition coefficient (Wildman–Crippen LogP) is 3.27. The average Bonchev–Trinajstić information content (AvgIpc) is 2.56. The zero-order valence-corrected chi connectivity index (χ0v) is 13.1. The lowest BCUT2D eigenvalue weighted by Gasteiger charge is -2.21. The molecule has 0 aliphatic rings. The molecule has 0 bridgehead atoms. The molecule has 0 fully saturated rings. The second-order valence-corrected chi connectivity index (χ2v) is 5.60. The molecule has 0 saturated carbocycles. The van der Waals surface area contributed by atoms with Crippen molar-refractivity contribution in [1.82, 2.24) is 5.32 Å².